The zero-order chi connectivity index (χ0) is 17.3. The Morgan fingerprint density at radius 3 is 2.42 bits per heavy atom. The third kappa shape index (κ3) is 3.19. The number of alkyl halides is 3. The van der Waals surface area contributed by atoms with E-state index in [1.807, 2.05) is 4.90 Å². The van der Waals surface area contributed by atoms with Crippen LogP contribution >= 0.6 is 0 Å². The third-order valence-corrected chi connectivity index (χ3v) is 4.01. The standard InChI is InChI=1S/C15H16F3N5O/c1-21-12(3-5-20-21)14(24)23-8-6-22(7-9-23)11-2-4-19-13(10-11)15(16,17)18/h2-5,10H,6-9H2,1H3. The predicted molar refractivity (Wildman–Crippen MR) is 80.6 cm³/mol. The van der Waals surface area contributed by atoms with E-state index in [1.54, 1.807) is 30.3 Å². The molecule has 24 heavy (non-hydrogen) atoms. The number of rotatable bonds is 2. The summed E-state index contributed by atoms with van der Waals surface area (Å²) in [6.45, 7) is 1.80. The molecule has 1 aliphatic rings. The molecule has 1 amide bonds. The van der Waals surface area contributed by atoms with Gasteiger partial charge >= 0.3 is 6.18 Å². The summed E-state index contributed by atoms with van der Waals surface area (Å²) in [5.74, 6) is -0.125. The number of carbonyl (C=O) groups excluding carboxylic acids is 1. The Morgan fingerprint density at radius 2 is 1.83 bits per heavy atom. The molecule has 0 radical (unpaired) electrons. The van der Waals surface area contributed by atoms with Crippen LogP contribution < -0.4 is 4.90 Å². The lowest BCUT2D eigenvalue weighted by atomic mass is 10.2. The molecular formula is C15H16F3N5O. The number of hydrogen-bond acceptors (Lipinski definition) is 4. The first-order chi connectivity index (χ1) is 11.4. The number of aromatic nitrogens is 3. The molecule has 0 N–H and O–H groups in total. The lowest BCUT2D eigenvalue weighted by Gasteiger charge is -2.36. The van der Waals surface area contributed by atoms with Gasteiger partial charge in [0.1, 0.15) is 11.4 Å². The summed E-state index contributed by atoms with van der Waals surface area (Å²) in [5, 5.41) is 3.97. The lowest BCUT2D eigenvalue weighted by Crippen LogP contribution is -2.49. The monoisotopic (exact) mass is 339 g/mol. The van der Waals surface area contributed by atoms with Crippen molar-refractivity contribution in [3.8, 4) is 0 Å². The topological polar surface area (TPSA) is 54.3 Å². The zero-order valence-corrected chi connectivity index (χ0v) is 13.0. The molecule has 1 saturated heterocycles. The molecule has 1 fully saturated rings. The largest absolute Gasteiger partial charge is 0.433 e. The second kappa shape index (κ2) is 6.14. The van der Waals surface area contributed by atoms with Crippen molar-refractivity contribution in [3.63, 3.8) is 0 Å². The molecule has 128 valence electrons. The Hall–Kier alpha value is -2.58. The number of nitrogens with zero attached hydrogens (tertiary/aromatic N) is 5. The number of amides is 1. The van der Waals surface area contributed by atoms with E-state index < -0.39 is 11.9 Å². The maximum Gasteiger partial charge on any atom is 0.433 e. The molecule has 1 aliphatic heterocycles. The van der Waals surface area contributed by atoms with Crippen molar-refractivity contribution >= 4 is 11.6 Å². The van der Waals surface area contributed by atoms with E-state index in [4.69, 9.17) is 0 Å². The third-order valence-electron chi connectivity index (χ3n) is 4.01. The number of piperazine rings is 1. The van der Waals surface area contributed by atoms with Crippen molar-refractivity contribution in [1.82, 2.24) is 19.7 Å². The number of pyridine rings is 1. The molecule has 0 aliphatic carbocycles. The van der Waals surface area contributed by atoms with Crippen LogP contribution in [0.2, 0.25) is 0 Å². The van der Waals surface area contributed by atoms with Crippen molar-refractivity contribution in [2.45, 2.75) is 6.18 Å². The van der Waals surface area contributed by atoms with Gasteiger partial charge in [-0.3, -0.25) is 14.5 Å². The van der Waals surface area contributed by atoms with Crippen molar-refractivity contribution in [1.29, 1.82) is 0 Å². The highest BCUT2D eigenvalue weighted by Gasteiger charge is 2.33. The molecule has 0 bridgehead atoms. The summed E-state index contributed by atoms with van der Waals surface area (Å²) in [6.07, 6.45) is -1.75. The van der Waals surface area contributed by atoms with Crippen LogP contribution in [0.25, 0.3) is 0 Å². The highest BCUT2D eigenvalue weighted by atomic mass is 19.4. The van der Waals surface area contributed by atoms with Crippen LogP contribution in [0.5, 0.6) is 0 Å². The van der Waals surface area contributed by atoms with E-state index in [2.05, 4.69) is 10.1 Å². The van der Waals surface area contributed by atoms with Crippen LogP contribution in [0.1, 0.15) is 16.2 Å². The minimum atomic E-state index is -4.46. The van der Waals surface area contributed by atoms with E-state index in [0.717, 1.165) is 12.3 Å². The molecular weight excluding hydrogens is 323 g/mol. The quantitative estimate of drug-likeness (QED) is 0.837. The molecule has 0 spiro atoms. The van der Waals surface area contributed by atoms with Gasteiger partial charge in [0.15, 0.2) is 0 Å². The molecule has 0 saturated carbocycles. The predicted octanol–water partition coefficient (Wildman–Crippen LogP) is 1.80. The van der Waals surface area contributed by atoms with Crippen LogP contribution in [-0.2, 0) is 13.2 Å². The molecule has 0 aromatic carbocycles. The molecule has 2 aromatic heterocycles. The number of hydrogen-bond donors (Lipinski definition) is 0. The molecule has 9 heteroatoms. The van der Waals surface area contributed by atoms with E-state index in [0.29, 0.717) is 37.6 Å². The summed E-state index contributed by atoms with van der Waals surface area (Å²) in [7, 11) is 1.69. The summed E-state index contributed by atoms with van der Waals surface area (Å²) in [6, 6.07) is 4.24. The highest BCUT2D eigenvalue weighted by molar-refractivity contribution is 5.92. The molecule has 3 heterocycles. The zero-order valence-electron chi connectivity index (χ0n) is 13.0. The first kappa shape index (κ1) is 16.3. The van der Waals surface area contributed by atoms with Crippen LogP contribution in [0.3, 0.4) is 0 Å². The average molecular weight is 339 g/mol. The van der Waals surface area contributed by atoms with Gasteiger partial charge < -0.3 is 9.80 Å². The van der Waals surface area contributed by atoms with E-state index in [9.17, 15) is 18.0 Å². The second-order valence-electron chi connectivity index (χ2n) is 5.52. The second-order valence-corrected chi connectivity index (χ2v) is 5.52. The Morgan fingerprint density at radius 1 is 1.12 bits per heavy atom. The van der Waals surface area contributed by atoms with Crippen LogP contribution in [-0.4, -0.2) is 51.8 Å². The SMILES string of the molecule is Cn1nccc1C(=O)N1CCN(c2ccnc(C(F)(F)F)c2)CC1. The fourth-order valence-electron chi connectivity index (χ4n) is 2.68. The van der Waals surface area contributed by atoms with E-state index in [1.165, 1.54) is 4.68 Å². The van der Waals surface area contributed by atoms with Crippen molar-refractivity contribution < 1.29 is 18.0 Å². The fraction of sp³-hybridized carbons (Fsp3) is 0.400. The molecule has 0 unspecified atom stereocenters. The van der Waals surface area contributed by atoms with Crippen molar-refractivity contribution in [2.75, 3.05) is 31.1 Å². The van der Waals surface area contributed by atoms with E-state index in [-0.39, 0.29) is 5.91 Å². The first-order valence-electron chi connectivity index (χ1n) is 7.42. The van der Waals surface area contributed by atoms with Gasteiger partial charge in [-0.15, -0.1) is 0 Å². The average Bonchev–Trinajstić information content (AvgIpc) is 3.00. The normalized spacial score (nSPS) is 15.7. The molecule has 3 rings (SSSR count). The Balaban J connectivity index is 1.67. The van der Waals surface area contributed by atoms with Gasteiger partial charge in [-0.05, 0) is 18.2 Å². The van der Waals surface area contributed by atoms with Crippen molar-refractivity contribution in [3.05, 3.63) is 42.0 Å². The number of carbonyl (C=O) groups is 1. The van der Waals surface area contributed by atoms with E-state index >= 15 is 0 Å². The maximum absolute atomic E-state index is 12.8. The summed E-state index contributed by atoms with van der Waals surface area (Å²) in [4.78, 5) is 19.3. The van der Waals surface area contributed by atoms with Gasteiger partial charge in [0.2, 0.25) is 0 Å². The smallest absolute Gasteiger partial charge is 0.368 e. The van der Waals surface area contributed by atoms with Crippen LogP contribution in [0.4, 0.5) is 18.9 Å². The number of anilines is 1. The highest BCUT2D eigenvalue weighted by Crippen LogP contribution is 2.30. The fourth-order valence-corrected chi connectivity index (χ4v) is 2.68. The van der Waals surface area contributed by atoms with Crippen molar-refractivity contribution in [2.24, 2.45) is 7.05 Å². The minimum Gasteiger partial charge on any atom is -0.368 e. The van der Waals surface area contributed by atoms with Gasteiger partial charge in [0.25, 0.3) is 5.91 Å². The number of aryl methyl sites for hydroxylation is 1. The summed E-state index contributed by atoms with van der Waals surface area (Å²) < 4.78 is 39.8. The minimum absolute atomic E-state index is 0.125. The Kier molecular flexibility index (Phi) is 4.16. The Labute approximate surface area is 136 Å². The summed E-state index contributed by atoms with van der Waals surface area (Å²) in [5.41, 5.74) is 0.0464. The number of halogens is 3. The molecule has 2 aromatic rings. The lowest BCUT2D eigenvalue weighted by molar-refractivity contribution is -0.141. The maximum atomic E-state index is 12.8. The van der Waals surface area contributed by atoms with Gasteiger partial charge in [-0.2, -0.15) is 18.3 Å². The summed E-state index contributed by atoms with van der Waals surface area (Å²) >= 11 is 0. The van der Waals surface area contributed by atoms with Crippen LogP contribution in [0, 0.1) is 0 Å². The van der Waals surface area contributed by atoms with Gasteiger partial charge in [0, 0.05) is 51.3 Å². The van der Waals surface area contributed by atoms with Gasteiger partial charge in [0.05, 0.1) is 0 Å². The molecule has 6 nitrogen and oxygen atoms in total. The van der Waals surface area contributed by atoms with Gasteiger partial charge in [-0.1, -0.05) is 0 Å². The van der Waals surface area contributed by atoms with Crippen LogP contribution in [0.15, 0.2) is 30.6 Å². The first-order valence-corrected chi connectivity index (χ1v) is 7.42. The van der Waals surface area contributed by atoms with Gasteiger partial charge in [-0.25, -0.2) is 0 Å². The molecule has 0 atom stereocenters. The Bertz CT molecular complexity index is 735.